The average Bonchev–Trinajstić information content (AvgIpc) is 2.12. The molecule has 1 atom stereocenters. The van der Waals surface area contributed by atoms with Gasteiger partial charge in [0.1, 0.15) is 5.60 Å². The predicted octanol–water partition coefficient (Wildman–Crippen LogP) is 0.634. The van der Waals surface area contributed by atoms with E-state index in [1.54, 1.807) is 20.8 Å². The highest BCUT2D eigenvalue weighted by Crippen LogP contribution is 2.16. The van der Waals surface area contributed by atoms with Crippen molar-refractivity contribution in [3.8, 4) is 0 Å². The number of rotatable bonds is 3. The second-order valence-corrected chi connectivity index (χ2v) is 4.86. The van der Waals surface area contributed by atoms with Crippen LogP contribution in [0.5, 0.6) is 0 Å². The van der Waals surface area contributed by atoms with Crippen molar-refractivity contribution in [3.05, 3.63) is 0 Å². The first-order valence-electron chi connectivity index (χ1n) is 4.34. The van der Waals surface area contributed by atoms with Gasteiger partial charge in [0, 0.05) is 4.43 Å². The molecule has 0 bridgehead atoms. The van der Waals surface area contributed by atoms with Crippen LogP contribution in [-0.2, 0) is 19.1 Å². The van der Waals surface area contributed by atoms with Gasteiger partial charge in [-0.15, -0.1) is 0 Å². The third-order valence-corrected chi connectivity index (χ3v) is 2.73. The Bertz CT molecular complexity index is 261. The summed E-state index contributed by atoms with van der Waals surface area (Å²) in [5.74, 6) is -1.55. The van der Waals surface area contributed by atoms with Crippen molar-refractivity contribution >= 4 is 34.5 Å². The Kier molecular flexibility index (Phi) is 4.98. The van der Waals surface area contributed by atoms with Crippen LogP contribution < -0.4 is 5.73 Å². The van der Waals surface area contributed by atoms with Crippen molar-refractivity contribution in [2.45, 2.75) is 31.9 Å². The SMILES string of the molecule is COC(=O)[C@](N)(CI)C(=O)OC(C)(C)C. The Morgan fingerprint density at radius 3 is 2.00 bits per heavy atom. The molecule has 88 valence electrons. The van der Waals surface area contributed by atoms with Crippen molar-refractivity contribution in [3.63, 3.8) is 0 Å². The number of hydrogen-bond acceptors (Lipinski definition) is 5. The van der Waals surface area contributed by atoms with Crippen LogP contribution in [0, 0.1) is 0 Å². The molecule has 2 N–H and O–H groups in total. The molecule has 15 heavy (non-hydrogen) atoms. The van der Waals surface area contributed by atoms with Gasteiger partial charge in [-0.3, -0.25) is 0 Å². The van der Waals surface area contributed by atoms with Crippen molar-refractivity contribution in [2.75, 3.05) is 11.5 Å². The van der Waals surface area contributed by atoms with Crippen LogP contribution in [0.2, 0.25) is 0 Å². The molecule has 0 rings (SSSR count). The quantitative estimate of drug-likeness (QED) is 0.356. The first-order valence-corrected chi connectivity index (χ1v) is 5.86. The zero-order chi connectivity index (χ0) is 12.3. The summed E-state index contributed by atoms with van der Waals surface area (Å²) < 4.78 is 9.62. The molecule has 0 aromatic carbocycles. The summed E-state index contributed by atoms with van der Waals surface area (Å²) in [5.41, 5.74) is 3.25. The molecule has 0 amide bonds. The van der Waals surface area contributed by atoms with Gasteiger partial charge in [-0.25, -0.2) is 9.59 Å². The minimum absolute atomic E-state index is 0.104. The number of hydrogen-bond donors (Lipinski definition) is 1. The molecule has 0 aromatic heterocycles. The Morgan fingerprint density at radius 1 is 1.27 bits per heavy atom. The number of carbonyl (C=O) groups excluding carboxylic acids is 2. The first-order chi connectivity index (χ1) is 6.67. The van der Waals surface area contributed by atoms with Gasteiger partial charge in [-0.1, -0.05) is 22.6 Å². The Labute approximate surface area is 103 Å². The molecule has 0 aromatic rings. The molecular formula is C9H16INO4. The van der Waals surface area contributed by atoms with E-state index in [0.29, 0.717) is 0 Å². The van der Waals surface area contributed by atoms with Gasteiger partial charge >= 0.3 is 11.9 Å². The van der Waals surface area contributed by atoms with Gasteiger partial charge in [0.2, 0.25) is 5.54 Å². The molecule has 0 aliphatic carbocycles. The first kappa shape index (κ1) is 14.6. The second-order valence-electron chi connectivity index (χ2n) is 4.10. The molecule has 0 unspecified atom stereocenters. The maximum absolute atomic E-state index is 11.7. The second kappa shape index (κ2) is 5.11. The monoisotopic (exact) mass is 329 g/mol. The van der Waals surface area contributed by atoms with Crippen LogP contribution in [0.4, 0.5) is 0 Å². The van der Waals surface area contributed by atoms with Crippen LogP contribution in [0.15, 0.2) is 0 Å². The summed E-state index contributed by atoms with van der Waals surface area (Å²) in [4.78, 5) is 23.0. The number of methoxy groups -OCH3 is 1. The van der Waals surface area contributed by atoms with Crippen molar-refractivity contribution in [2.24, 2.45) is 5.73 Å². The van der Waals surface area contributed by atoms with Crippen LogP contribution in [0.3, 0.4) is 0 Å². The summed E-state index contributed by atoms with van der Waals surface area (Å²) in [6.07, 6.45) is 0. The van der Waals surface area contributed by atoms with Crippen LogP contribution in [-0.4, -0.2) is 34.6 Å². The zero-order valence-electron chi connectivity index (χ0n) is 9.30. The van der Waals surface area contributed by atoms with Crippen molar-refractivity contribution < 1.29 is 19.1 Å². The number of alkyl halides is 1. The lowest BCUT2D eigenvalue weighted by Gasteiger charge is -2.27. The molecule has 0 spiro atoms. The highest BCUT2D eigenvalue weighted by atomic mass is 127. The van der Waals surface area contributed by atoms with Crippen molar-refractivity contribution in [1.29, 1.82) is 0 Å². The van der Waals surface area contributed by atoms with E-state index in [4.69, 9.17) is 10.5 Å². The highest BCUT2D eigenvalue weighted by Gasteiger charge is 2.45. The lowest BCUT2D eigenvalue weighted by atomic mass is 10.0. The summed E-state index contributed by atoms with van der Waals surface area (Å²) in [7, 11) is 1.18. The third-order valence-electron chi connectivity index (χ3n) is 1.52. The molecule has 0 aliphatic heterocycles. The van der Waals surface area contributed by atoms with Crippen LogP contribution in [0.1, 0.15) is 20.8 Å². The van der Waals surface area contributed by atoms with E-state index in [1.165, 1.54) is 7.11 Å². The van der Waals surface area contributed by atoms with Gasteiger partial charge in [0.15, 0.2) is 0 Å². The maximum Gasteiger partial charge on any atom is 0.339 e. The average molecular weight is 329 g/mol. The van der Waals surface area contributed by atoms with E-state index in [1.807, 2.05) is 22.6 Å². The molecule has 0 aliphatic rings. The number of nitrogens with two attached hydrogens (primary N) is 1. The van der Waals surface area contributed by atoms with E-state index in [2.05, 4.69) is 4.74 Å². The summed E-state index contributed by atoms with van der Waals surface area (Å²) in [5, 5.41) is 0. The number of carbonyl (C=O) groups is 2. The van der Waals surface area contributed by atoms with Gasteiger partial charge < -0.3 is 15.2 Å². The summed E-state index contributed by atoms with van der Waals surface area (Å²) >= 11 is 1.84. The largest absolute Gasteiger partial charge is 0.467 e. The van der Waals surface area contributed by atoms with E-state index in [0.717, 1.165) is 0 Å². The molecule has 0 fully saturated rings. The Hall–Kier alpha value is -0.370. The molecule has 5 nitrogen and oxygen atoms in total. The van der Waals surface area contributed by atoms with E-state index in [9.17, 15) is 9.59 Å². The maximum atomic E-state index is 11.7. The Morgan fingerprint density at radius 2 is 1.73 bits per heavy atom. The number of esters is 2. The number of halogens is 1. The van der Waals surface area contributed by atoms with Gasteiger partial charge in [0.05, 0.1) is 7.11 Å². The molecule has 0 radical (unpaired) electrons. The molecule has 6 heteroatoms. The minimum atomic E-state index is -1.72. The highest BCUT2D eigenvalue weighted by molar-refractivity contribution is 14.1. The zero-order valence-corrected chi connectivity index (χ0v) is 11.5. The Balaban J connectivity index is 4.82. The standard InChI is InChI=1S/C9H16INO4/c1-8(2,3)15-7(13)9(11,5-10)6(12)14-4/h5,11H2,1-4H3/t9-/m1/s1. The smallest absolute Gasteiger partial charge is 0.339 e. The van der Waals surface area contributed by atoms with E-state index < -0.39 is 23.1 Å². The third kappa shape index (κ3) is 3.94. The van der Waals surface area contributed by atoms with Crippen LogP contribution >= 0.6 is 22.6 Å². The fourth-order valence-corrected chi connectivity index (χ4v) is 1.37. The minimum Gasteiger partial charge on any atom is -0.467 e. The van der Waals surface area contributed by atoms with Crippen LogP contribution in [0.25, 0.3) is 0 Å². The fourth-order valence-electron chi connectivity index (χ4n) is 0.744. The summed E-state index contributed by atoms with van der Waals surface area (Å²) in [6, 6.07) is 0. The number of ether oxygens (including phenoxy) is 2. The van der Waals surface area contributed by atoms with E-state index in [-0.39, 0.29) is 4.43 Å². The van der Waals surface area contributed by atoms with E-state index >= 15 is 0 Å². The predicted molar refractivity (Wildman–Crippen MR) is 63.7 cm³/mol. The normalized spacial score (nSPS) is 15.3. The molecule has 0 heterocycles. The summed E-state index contributed by atoms with van der Waals surface area (Å²) in [6.45, 7) is 5.11. The molecule has 0 saturated heterocycles. The molecular weight excluding hydrogens is 313 g/mol. The van der Waals surface area contributed by atoms with Crippen molar-refractivity contribution in [1.82, 2.24) is 0 Å². The topological polar surface area (TPSA) is 78.6 Å². The van der Waals surface area contributed by atoms with Gasteiger partial charge in [-0.05, 0) is 20.8 Å². The van der Waals surface area contributed by atoms with Gasteiger partial charge in [0.25, 0.3) is 0 Å². The molecule has 0 saturated carbocycles. The lowest BCUT2D eigenvalue weighted by molar-refractivity contribution is -0.168. The fraction of sp³-hybridized carbons (Fsp3) is 0.778. The lowest BCUT2D eigenvalue weighted by Crippen LogP contribution is -2.59. The van der Waals surface area contributed by atoms with Gasteiger partial charge in [-0.2, -0.15) is 0 Å².